The van der Waals surface area contributed by atoms with Crippen molar-refractivity contribution in [1.82, 2.24) is 19.8 Å². The number of alkyl halides is 3. The fourth-order valence-corrected chi connectivity index (χ4v) is 2.67. The molecule has 0 spiro atoms. The SMILES string of the molecule is CNc1ccccc1-c1nn2c(C(F)(F)F)nnc2s1. The van der Waals surface area contributed by atoms with Gasteiger partial charge in [-0.15, -0.1) is 10.2 Å². The van der Waals surface area contributed by atoms with Crippen LogP contribution in [0.15, 0.2) is 24.3 Å². The minimum atomic E-state index is -4.58. The van der Waals surface area contributed by atoms with Crippen LogP contribution in [0.3, 0.4) is 0 Å². The van der Waals surface area contributed by atoms with Crippen molar-refractivity contribution in [3.05, 3.63) is 30.1 Å². The van der Waals surface area contributed by atoms with Crippen molar-refractivity contribution in [1.29, 1.82) is 0 Å². The van der Waals surface area contributed by atoms with Gasteiger partial charge in [-0.1, -0.05) is 23.5 Å². The molecule has 0 aliphatic rings. The Morgan fingerprint density at radius 2 is 1.95 bits per heavy atom. The molecule has 3 aromatic rings. The first kappa shape index (κ1) is 12.9. The number of fused-ring (bicyclic) bond motifs is 1. The highest BCUT2D eigenvalue weighted by atomic mass is 32.1. The zero-order valence-electron chi connectivity index (χ0n) is 10.1. The Hall–Kier alpha value is -2.16. The molecule has 1 aromatic carbocycles. The van der Waals surface area contributed by atoms with Crippen LogP contribution in [0.4, 0.5) is 18.9 Å². The second-order valence-corrected chi connectivity index (χ2v) is 4.87. The number of nitrogens with zero attached hydrogens (tertiary/aromatic N) is 4. The van der Waals surface area contributed by atoms with E-state index in [1.165, 1.54) is 0 Å². The predicted octanol–water partition coefficient (Wildman–Crippen LogP) is 2.91. The van der Waals surface area contributed by atoms with E-state index in [9.17, 15) is 13.2 Å². The van der Waals surface area contributed by atoms with Crippen molar-refractivity contribution in [3.63, 3.8) is 0 Å². The number of hydrogen-bond donors (Lipinski definition) is 1. The Labute approximate surface area is 115 Å². The molecule has 0 bridgehead atoms. The molecular weight excluding hydrogens is 291 g/mol. The number of halogens is 3. The molecule has 0 amide bonds. The van der Waals surface area contributed by atoms with Crippen molar-refractivity contribution in [2.45, 2.75) is 6.18 Å². The highest BCUT2D eigenvalue weighted by Crippen LogP contribution is 2.34. The zero-order chi connectivity index (χ0) is 14.3. The van der Waals surface area contributed by atoms with Crippen LogP contribution in [0, 0.1) is 0 Å². The van der Waals surface area contributed by atoms with Crippen molar-refractivity contribution >= 4 is 22.0 Å². The molecule has 2 heterocycles. The maximum absolute atomic E-state index is 12.7. The topological polar surface area (TPSA) is 55.1 Å². The van der Waals surface area contributed by atoms with Gasteiger partial charge in [-0.05, 0) is 12.1 Å². The molecule has 0 aliphatic heterocycles. The summed E-state index contributed by atoms with van der Waals surface area (Å²) in [4.78, 5) is 0.109. The molecule has 2 aromatic heterocycles. The van der Waals surface area contributed by atoms with Gasteiger partial charge in [0.05, 0.1) is 0 Å². The molecule has 0 atom stereocenters. The third-order valence-electron chi connectivity index (χ3n) is 2.67. The van der Waals surface area contributed by atoms with Gasteiger partial charge >= 0.3 is 6.18 Å². The number of rotatable bonds is 2. The molecule has 9 heteroatoms. The maximum atomic E-state index is 12.7. The number of anilines is 1. The smallest absolute Gasteiger partial charge is 0.388 e. The lowest BCUT2D eigenvalue weighted by molar-refractivity contribution is -0.146. The second kappa shape index (κ2) is 4.44. The standard InChI is InChI=1S/C11H8F3N5S/c1-15-7-5-3-2-4-6(7)8-18-19-9(11(12,13)14)16-17-10(19)20-8/h2-5,15H,1H3. The Balaban J connectivity index is 2.17. The molecule has 104 valence electrons. The molecule has 20 heavy (non-hydrogen) atoms. The van der Waals surface area contributed by atoms with Crippen LogP contribution in [-0.4, -0.2) is 26.9 Å². The molecule has 0 fully saturated rings. The monoisotopic (exact) mass is 299 g/mol. The summed E-state index contributed by atoms with van der Waals surface area (Å²) in [5, 5.41) is 14.0. The Morgan fingerprint density at radius 1 is 1.20 bits per heavy atom. The van der Waals surface area contributed by atoms with Gasteiger partial charge in [0.25, 0.3) is 5.82 Å². The third-order valence-corrected chi connectivity index (χ3v) is 3.60. The molecule has 0 aliphatic carbocycles. The first-order valence-electron chi connectivity index (χ1n) is 5.57. The minimum absolute atomic E-state index is 0.109. The molecule has 0 saturated carbocycles. The van der Waals surface area contributed by atoms with E-state index < -0.39 is 12.0 Å². The fraction of sp³-hybridized carbons (Fsp3) is 0.182. The average molecular weight is 299 g/mol. The van der Waals surface area contributed by atoms with E-state index in [0.29, 0.717) is 5.01 Å². The van der Waals surface area contributed by atoms with E-state index in [4.69, 9.17) is 0 Å². The maximum Gasteiger partial charge on any atom is 0.453 e. The van der Waals surface area contributed by atoms with E-state index in [-0.39, 0.29) is 4.96 Å². The summed E-state index contributed by atoms with van der Waals surface area (Å²) in [7, 11) is 1.74. The Bertz CT molecular complexity index is 761. The van der Waals surface area contributed by atoms with Gasteiger partial charge in [0.1, 0.15) is 5.01 Å². The number of nitrogens with one attached hydrogen (secondary N) is 1. The zero-order valence-corrected chi connectivity index (χ0v) is 11.0. The number of aromatic nitrogens is 4. The lowest BCUT2D eigenvalue weighted by Gasteiger charge is -2.05. The van der Waals surface area contributed by atoms with Crippen LogP contribution in [-0.2, 0) is 6.18 Å². The second-order valence-electron chi connectivity index (χ2n) is 3.92. The van der Waals surface area contributed by atoms with Crippen LogP contribution < -0.4 is 5.32 Å². The normalized spacial score (nSPS) is 12.0. The van der Waals surface area contributed by atoms with Crippen molar-refractivity contribution in [3.8, 4) is 10.6 Å². The third kappa shape index (κ3) is 1.99. The van der Waals surface area contributed by atoms with E-state index in [1.807, 2.05) is 12.1 Å². The van der Waals surface area contributed by atoms with Gasteiger partial charge in [0, 0.05) is 18.3 Å². The Kier molecular flexibility index (Phi) is 2.85. The number of para-hydroxylation sites is 1. The molecule has 1 N–H and O–H groups in total. The fourth-order valence-electron chi connectivity index (χ4n) is 1.79. The van der Waals surface area contributed by atoms with E-state index in [0.717, 1.165) is 27.1 Å². The molecule has 5 nitrogen and oxygen atoms in total. The van der Waals surface area contributed by atoms with Crippen LogP contribution in [0.2, 0.25) is 0 Å². The predicted molar refractivity (Wildman–Crippen MR) is 68.6 cm³/mol. The van der Waals surface area contributed by atoms with E-state index >= 15 is 0 Å². The van der Waals surface area contributed by atoms with Gasteiger partial charge in [0.2, 0.25) is 4.96 Å². The molecular formula is C11H8F3N5S. The summed E-state index contributed by atoms with van der Waals surface area (Å²) < 4.78 is 38.9. The first-order valence-corrected chi connectivity index (χ1v) is 6.39. The summed E-state index contributed by atoms with van der Waals surface area (Å²) in [5.74, 6) is -1.11. The largest absolute Gasteiger partial charge is 0.453 e. The van der Waals surface area contributed by atoms with Gasteiger partial charge in [-0.3, -0.25) is 0 Å². The lowest BCUT2D eigenvalue weighted by atomic mass is 10.2. The van der Waals surface area contributed by atoms with Gasteiger partial charge < -0.3 is 5.32 Å². The molecule has 0 saturated heterocycles. The molecule has 3 rings (SSSR count). The number of hydrogen-bond acceptors (Lipinski definition) is 5. The van der Waals surface area contributed by atoms with E-state index in [2.05, 4.69) is 20.6 Å². The van der Waals surface area contributed by atoms with Crippen LogP contribution in [0.1, 0.15) is 5.82 Å². The van der Waals surface area contributed by atoms with Crippen molar-refractivity contribution < 1.29 is 13.2 Å². The summed E-state index contributed by atoms with van der Waals surface area (Å²) in [6.45, 7) is 0. The van der Waals surface area contributed by atoms with E-state index in [1.54, 1.807) is 19.2 Å². The summed E-state index contributed by atoms with van der Waals surface area (Å²) in [5.41, 5.74) is 1.50. The molecule has 0 unspecified atom stereocenters. The highest BCUT2D eigenvalue weighted by molar-refractivity contribution is 7.19. The number of benzene rings is 1. The van der Waals surface area contributed by atoms with Gasteiger partial charge in [-0.25, -0.2) is 0 Å². The summed E-state index contributed by atoms with van der Waals surface area (Å²) in [6, 6.07) is 7.23. The summed E-state index contributed by atoms with van der Waals surface area (Å²) >= 11 is 1.06. The summed E-state index contributed by atoms with van der Waals surface area (Å²) in [6.07, 6.45) is -4.58. The van der Waals surface area contributed by atoms with Crippen LogP contribution in [0.25, 0.3) is 15.5 Å². The Morgan fingerprint density at radius 3 is 2.65 bits per heavy atom. The minimum Gasteiger partial charge on any atom is -0.388 e. The van der Waals surface area contributed by atoms with Crippen LogP contribution >= 0.6 is 11.3 Å². The average Bonchev–Trinajstić information content (AvgIpc) is 2.96. The quantitative estimate of drug-likeness (QED) is 0.790. The highest BCUT2D eigenvalue weighted by Gasteiger charge is 2.38. The molecule has 0 radical (unpaired) electrons. The van der Waals surface area contributed by atoms with Crippen molar-refractivity contribution in [2.24, 2.45) is 0 Å². The van der Waals surface area contributed by atoms with Crippen molar-refractivity contribution in [2.75, 3.05) is 12.4 Å². The van der Waals surface area contributed by atoms with Gasteiger partial charge in [0.15, 0.2) is 0 Å². The first-order chi connectivity index (χ1) is 9.50. The van der Waals surface area contributed by atoms with Crippen LogP contribution in [0.5, 0.6) is 0 Å². The van der Waals surface area contributed by atoms with Gasteiger partial charge in [-0.2, -0.15) is 22.8 Å². The lowest BCUT2D eigenvalue weighted by Crippen LogP contribution is -2.11.